The Kier molecular flexibility index (Phi) is 6.09. The van der Waals surface area contributed by atoms with E-state index in [2.05, 4.69) is 0 Å². The van der Waals surface area contributed by atoms with Crippen molar-refractivity contribution in [2.24, 2.45) is 0 Å². The molecule has 1 unspecified atom stereocenters. The number of aliphatic hydroxyl groups is 1. The van der Waals surface area contributed by atoms with Gasteiger partial charge in [-0.25, -0.2) is 4.79 Å². The lowest BCUT2D eigenvalue weighted by atomic mass is 9.94. The summed E-state index contributed by atoms with van der Waals surface area (Å²) in [5.74, 6) is -2.37. The minimum atomic E-state index is -0.857. The third kappa shape index (κ3) is 4.03. The van der Waals surface area contributed by atoms with Crippen molar-refractivity contribution >= 4 is 29.1 Å². The molecule has 6 heteroatoms. The first-order chi connectivity index (χ1) is 16.0. The summed E-state index contributed by atoms with van der Waals surface area (Å²) in [6, 6.07) is 21.7. The Morgan fingerprint density at radius 2 is 1.61 bits per heavy atom. The summed E-state index contributed by atoms with van der Waals surface area (Å²) in [5, 5.41) is 11.1. The zero-order chi connectivity index (χ0) is 23.5. The van der Waals surface area contributed by atoms with E-state index in [1.54, 1.807) is 48.5 Å². The van der Waals surface area contributed by atoms with Crippen LogP contribution in [-0.4, -0.2) is 29.9 Å². The lowest BCUT2D eigenvalue weighted by Gasteiger charge is -2.26. The number of aliphatic hydroxyl groups excluding tert-OH is 1. The molecular formula is C27H23NO5. The van der Waals surface area contributed by atoms with Crippen LogP contribution in [0.4, 0.5) is 5.69 Å². The van der Waals surface area contributed by atoms with Gasteiger partial charge in [-0.05, 0) is 35.7 Å². The van der Waals surface area contributed by atoms with E-state index < -0.39 is 23.7 Å². The third-order valence-corrected chi connectivity index (χ3v) is 5.74. The van der Waals surface area contributed by atoms with E-state index in [-0.39, 0.29) is 16.9 Å². The molecule has 0 radical (unpaired) electrons. The molecule has 166 valence electrons. The molecule has 1 atom stereocenters. The molecule has 1 aliphatic heterocycles. The molecule has 1 saturated heterocycles. The number of esters is 1. The van der Waals surface area contributed by atoms with Crippen LogP contribution in [-0.2, 0) is 20.7 Å². The van der Waals surface area contributed by atoms with Crippen LogP contribution in [0, 0.1) is 0 Å². The van der Waals surface area contributed by atoms with Crippen molar-refractivity contribution in [2.75, 3.05) is 12.0 Å². The van der Waals surface area contributed by atoms with Crippen molar-refractivity contribution in [3.05, 3.63) is 107 Å². The third-order valence-electron chi connectivity index (χ3n) is 5.74. The van der Waals surface area contributed by atoms with Crippen LogP contribution in [0.3, 0.4) is 0 Å². The first-order valence-electron chi connectivity index (χ1n) is 10.6. The molecule has 3 aromatic carbocycles. The van der Waals surface area contributed by atoms with Crippen LogP contribution >= 0.6 is 0 Å². The molecule has 0 spiro atoms. The molecule has 1 fully saturated rings. The zero-order valence-electron chi connectivity index (χ0n) is 18.3. The van der Waals surface area contributed by atoms with Crippen molar-refractivity contribution in [3.63, 3.8) is 0 Å². The number of carbonyl (C=O) groups excluding carboxylic acids is 3. The molecule has 1 aliphatic rings. The molecular weight excluding hydrogens is 418 g/mol. The molecule has 0 aliphatic carbocycles. The number of anilines is 1. The Balaban J connectivity index is 1.92. The summed E-state index contributed by atoms with van der Waals surface area (Å²) in [4.78, 5) is 39.8. The molecule has 0 bridgehead atoms. The Morgan fingerprint density at radius 1 is 0.939 bits per heavy atom. The zero-order valence-corrected chi connectivity index (χ0v) is 18.3. The molecule has 0 aromatic heterocycles. The van der Waals surface area contributed by atoms with E-state index >= 15 is 0 Å². The second-order valence-electron chi connectivity index (χ2n) is 7.67. The quantitative estimate of drug-likeness (QED) is 0.269. The van der Waals surface area contributed by atoms with Gasteiger partial charge in [0.1, 0.15) is 5.76 Å². The highest BCUT2D eigenvalue weighted by Crippen LogP contribution is 2.42. The lowest BCUT2D eigenvalue weighted by Crippen LogP contribution is -2.29. The van der Waals surface area contributed by atoms with Crippen LogP contribution in [0.1, 0.15) is 40.0 Å². The number of amides is 1. The number of aryl methyl sites for hydroxylation is 1. The summed E-state index contributed by atoms with van der Waals surface area (Å²) in [6.45, 7) is 2.04. The van der Waals surface area contributed by atoms with Crippen molar-refractivity contribution in [2.45, 2.75) is 19.4 Å². The van der Waals surface area contributed by atoms with Crippen molar-refractivity contribution in [1.82, 2.24) is 0 Å². The van der Waals surface area contributed by atoms with Gasteiger partial charge in [0.25, 0.3) is 11.7 Å². The predicted octanol–water partition coefficient (Wildman–Crippen LogP) is 4.66. The van der Waals surface area contributed by atoms with E-state index in [1.165, 1.54) is 18.1 Å². The van der Waals surface area contributed by atoms with Crippen LogP contribution in [0.5, 0.6) is 0 Å². The molecule has 3 aromatic rings. The van der Waals surface area contributed by atoms with Gasteiger partial charge < -0.3 is 9.84 Å². The number of ether oxygens (including phenoxy) is 1. The average molecular weight is 441 g/mol. The maximum atomic E-state index is 13.2. The highest BCUT2D eigenvalue weighted by Gasteiger charge is 2.47. The Bertz CT molecular complexity index is 1250. The Hall–Kier alpha value is -4.19. The molecule has 1 amide bonds. The van der Waals surface area contributed by atoms with E-state index in [0.717, 1.165) is 12.0 Å². The topological polar surface area (TPSA) is 83.9 Å². The number of Topliss-reactive ketones (excluding diaryl/α,β-unsaturated/α-hetero) is 1. The number of rotatable bonds is 5. The number of hydrogen-bond donors (Lipinski definition) is 1. The van der Waals surface area contributed by atoms with E-state index in [1.807, 2.05) is 31.2 Å². The fraction of sp³-hybridized carbons (Fsp3) is 0.148. The van der Waals surface area contributed by atoms with Gasteiger partial charge in [0, 0.05) is 11.3 Å². The number of hydrogen-bond acceptors (Lipinski definition) is 5. The number of nitrogens with zero attached hydrogens (tertiary/aromatic N) is 1. The highest BCUT2D eigenvalue weighted by atomic mass is 16.5. The standard InChI is InChI=1S/C27H23NO5/c1-3-17-12-14-18(15-13-17)23-22(24(29)19-8-5-4-6-9-19)25(30)26(31)28(23)21-11-7-10-20(16-21)27(32)33-2/h4-16,23,29H,3H2,1-2H3/b24-22+. The largest absolute Gasteiger partial charge is 0.507 e. The van der Waals surface area contributed by atoms with Gasteiger partial charge in [-0.1, -0.05) is 67.6 Å². The SMILES string of the molecule is CCc1ccc(C2/C(=C(\O)c3ccccc3)C(=O)C(=O)N2c2cccc(C(=O)OC)c2)cc1. The maximum Gasteiger partial charge on any atom is 0.337 e. The van der Waals surface area contributed by atoms with Crippen LogP contribution in [0.25, 0.3) is 5.76 Å². The smallest absolute Gasteiger partial charge is 0.337 e. The van der Waals surface area contributed by atoms with E-state index in [4.69, 9.17) is 4.74 Å². The second kappa shape index (κ2) is 9.12. The monoisotopic (exact) mass is 441 g/mol. The summed E-state index contributed by atoms with van der Waals surface area (Å²) in [6.07, 6.45) is 0.839. The van der Waals surface area contributed by atoms with Gasteiger partial charge in [0.2, 0.25) is 0 Å². The van der Waals surface area contributed by atoms with E-state index in [9.17, 15) is 19.5 Å². The molecule has 4 rings (SSSR count). The van der Waals surface area contributed by atoms with Crippen LogP contribution in [0.2, 0.25) is 0 Å². The van der Waals surface area contributed by atoms with Crippen molar-refractivity contribution in [1.29, 1.82) is 0 Å². The summed E-state index contributed by atoms with van der Waals surface area (Å²) in [7, 11) is 1.27. The van der Waals surface area contributed by atoms with Gasteiger partial charge in [-0.2, -0.15) is 0 Å². The van der Waals surface area contributed by atoms with Crippen molar-refractivity contribution in [3.8, 4) is 0 Å². The van der Waals surface area contributed by atoms with Crippen molar-refractivity contribution < 1.29 is 24.2 Å². The van der Waals surface area contributed by atoms with Crippen LogP contribution in [0.15, 0.2) is 84.4 Å². The van der Waals surface area contributed by atoms with Gasteiger partial charge in [0.15, 0.2) is 0 Å². The molecule has 6 nitrogen and oxygen atoms in total. The molecule has 1 heterocycles. The van der Waals surface area contributed by atoms with Crippen LogP contribution < -0.4 is 4.90 Å². The molecule has 33 heavy (non-hydrogen) atoms. The van der Waals surface area contributed by atoms with Gasteiger partial charge in [-0.15, -0.1) is 0 Å². The minimum Gasteiger partial charge on any atom is -0.507 e. The second-order valence-corrected chi connectivity index (χ2v) is 7.67. The Labute approximate surface area is 191 Å². The number of methoxy groups -OCH3 is 1. The molecule has 0 saturated carbocycles. The average Bonchev–Trinajstić information content (AvgIpc) is 3.14. The minimum absolute atomic E-state index is 0.00100. The summed E-state index contributed by atoms with van der Waals surface area (Å²) >= 11 is 0. The number of carbonyl (C=O) groups is 3. The number of ketones is 1. The Morgan fingerprint density at radius 3 is 2.24 bits per heavy atom. The molecule has 1 N–H and O–H groups in total. The van der Waals surface area contributed by atoms with Gasteiger partial charge in [0.05, 0.1) is 24.3 Å². The predicted molar refractivity (Wildman–Crippen MR) is 125 cm³/mol. The first-order valence-corrected chi connectivity index (χ1v) is 10.6. The normalized spacial score (nSPS) is 17.3. The summed E-state index contributed by atoms with van der Waals surface area (Å²) < 4.78 is 4.80. The fourth-order valence-corrected chi connectivity index (χ4v) is 4.00. The number of benzene rings is 3. The van der Waals surface area contributed by atoms with E-state index in [0.29, 0.717) is 16.8 Å². The van der Waals surface area contributed by atoms with Gasteiger partial charge in [-0.3, -0.25) is 14.5 Å². The fourth-order valence-electron chi connectivity index (χ4n) is 4.00. The first kappa shape index (κ1) is 22.0. The lowest BCUT2D eigenvalue weighted by molar-refractivity contribution is -0.132. The van der Waals surface area contributed by atoms with Gasteiger partial charge >= 0.3 is 5.97 Å². The summed E-state index contributed by atoms with van der Waals surface area (Å²) in [5.41, 5.74) is 2.82. The highest BCUT2D eigenvalue weighted by molar-refractivity contribution is 6.51. The maximum absolute atomic E-state index is 13.2.